The molecule has 0 aromatic rings. The van der Waals surface area contributed by atoms with E-state index in [4.69, 9.17) is 7.85 Å². The van der Waals surface area contributed by atoms with Crippen LogP contribution in [0, 0.1) is 0 Å². The van der Waals surface area contributed by atoms with Gasteiger partial charge in [-0.3, -0.25) is 0 Å². The lowest BCUT2D eigenvalue weighted by molar-refractivity contribution is -0.0414. The molecule has 0 aromatic carbocycles. The number of hydrogen-bond donors (Lipinski definition) is 0. The summed E-state index contributed by atoms with van der Waals surface area (Å²) in [5.41, 5.74) is 0. The van der Waals surface area contributed by atoms with Gasteiger partial charge in [0.25, 0.3) is 0 Å². The summed E-state index contributed by atoms with van der Waals surface area (Å²) in [6.45, 7) is 1.84. The highest BCUT2D eigenvalue weighted by atomic mass is 19.3. The fourth-order valence-electron chi connectivity index (χ4n) is 1.19. The van der Waals surface area contributed by atoms with Crippen LogP contribution in [0.4, 0.5) is 8.78 Å². The summed E-state index contributed by atoms with van der Waals surface area (Å²) in [4.78, 5) is 0. The second kappa shape index (κ2) is 2.21. The van der Waals surface area contributed by atoms with Crippen LogP contribution in [0.1, 0.15) is 32.6 Å². The van der Waals surface area contributed by atoms with Crippen LogP contribution >= 0.6 is 0 Å². The van der Waals surface area contributed by atoms with E-state index in [0.29, 0.717) is 12.8 Å². The van der Waals surface area contributed by atoms with Gasteiger partial charge < -0.3 is 0 Å². The maximum atomic E-state index is 12.5. The van der Waals surface area contributed by atoms with E-state index in [1.165, 1.54) is 0 Å². The SMILES string of the molecule is [B]C1(C)CCC(F)(F)CC1. The molecule has 0 aromatic heterocycles. The summed E-state index contributed by atoms with van der Waals surface area (Å²) in [6, 6.07) is 0. The van der Waals surface area contributed by atoms with Crippen LogP contribution in [0.5, 0.6) is 0 Å². The van der Waals surface area contributed by atoms with Gasteiger partial charge in [0.2, 0.25) is 5.92 Å². The molecule has 1 aliphatic rings. The van der Waals surface area contributed by atoms with Crippen LogP contribution < -0.4 is 0 Å². The van der Waals surface area contributed by atoms with Gasteiger partial charge >= 0.3 is 0 Å². The molecular formula is C7H11BF2. The zero-order valence-corrected chi connectivity index (χ0v) is 6.16. The standard InChI is InChI=1S/C7H11BF2/c1-6(8)2-4-7(9,10)5-3-6/h2-5H2,1H3. The molecule has 0 nitrogen and oxygen atoms in total. The van der Waals surface area contributed by atoms with Gasteiger partial charge in [0, 0.05) is 12.8 Å². The van der Waals surface area contributed by atoms with E-state index in [-0.39, 0.29) is 18.2 Å². The van der Waals surface area contributed by atoms with E-state index in [0.717, 1.165) is 0 Å². The monoisotopic (exact) mass is 144 g/mol. The molecule has 0 bridgehead atoms. The van der Waals surface area contributed by atoms with Crippen LogP contribution in [-0.4, -0.2) is 13.8 Å². The van der Waals surface area contributed by atoms with Crippen molar-refractivity contribution in [2.75, 3.05) is 0 Å². The Balaban J connectivity index is 2.46. The first-order valence-corrected chi connectivity index (χ1v) is 3.58. The molecule has 0 saturated heterocycles. The summed E-state index contributed by atoms with van der Waals surface area (Å²) in [5.74, 6) is -2.45. The minimum absolute atomic E-state index is 0.0417. The third kappa shape index (κ3) is 1.96. The second-order valence-corrected chi connectivity index (χ2v) is 3.51. The molecular weight excluding hydrogens is 133 g/mol. The Morgan fingerprint density at radius 1 is 1.10 bits per heavy atom. The Bertz CT molecular complexity index is 104. The molecule has 1 saturated carbocycles. The van der Waals surface area contributed by atoms with E-state index >= 15 is 0 Å². The molecule has 1 fully saturated rings. The van der Waals surface area contributed by atoms with Crippen molar-refractivity contribution in [3.8, 4) is 0 Å². The summed E-state index contributed by atoms with van der Waals surface area (Å²) in [7, 11) is 5.67. The van der Waals surface area contributed by atoms with Gasteiger partial charge in [0.1, 0.15) is 0 Å². The fraction of sp³-hybridized carbons (Fsp3) is 1.00. The van der Waals surface area contributed by atoms with Crippen LogP contribution in [0.25, 0.3) is 0 Å². The zero-order valence-electron chi connectivity index (χ0n) is 6.16. The Labute approximate surface area is 61.4 Å². The molecule has 0 spiro atoms. The normalized spacial score (nSPS) is 29.9. The molecule has 56 valence electrons. The van der Waals surface area contributed by atoms with Crippen LogP contribution in [0.2, 0.25) is 5.31 Å². The first-order valence-electron chi connectivity index (χ1n) is 3.58. The Kier molecular flexibility index (Phi) is 1.77. The van der Waals surface area contributed by atoms with Gasteiger partial charge in [-0.1, -0.05) is 25.1 Å². The quantitative estimate of drug-likeness (QED) is 0.458. The number of hydrogen-bond acceptors (Lipinski definition) is 0. The minimum atomic E-state index is -2.45. The molecule has 0 unspecified atom stereocenters. The Hall–Kier alpha value is -0.0751. The first-order chi connectivity index (χ1) is 4.41. The highest BCUT2D eigenvalue weighted by molar-refractivity contribution is 6.14. The van der Waals surface area contributed by atoms with E-state index < -0.39 is 5.92 Å². The summed E-state index contributed by atoms with van der Waals surface area (Å²) < 4.78 is 25.0. The Morgan fingerprint density at radius 3 is 1.80 bits per heavy atom. The smallest absolute Gasteiger partial charge is 0.207 e. The van der Waals surface area contributed by atoms with Crippen molar-refractivity contribution in [3.05, 3.63) is 0 Å². The lowest BCUT2D eigenvalue weighted by Crippen LogP contribution is -2.27. The average Bonchev–Trinajstić information content (AvgIpc) is 1.79. The van der Waals surface area contributed by atoms with Gasteiger partial charge in [-0.15, -0.1) is 0 Å². The molecule has 3 heteroatoms. The molecule has 2 radical (unpaired) electrons. The summed E-state index contributed by atoms with van der Waals surface area (Å²) in [5, 5.41) is -0.346. The van der Waals surface area contributed by atoms with Crippen molar-refractivity contribution in [1.82, 2.24) is 0 Å². The van der Waals surface area contributed by atoms with Crippen molar-refractivity contribution in [2.24, 2.45) is 0 Å². The van der Waals surface area contributed by atoms with Crippen LogP contribution in [-0.2, 0) is 0 Å². The predicted octanol–water partition coefficient (Wildman–Crippen LogP) is 2.54. The van der Waals surface area contributed by atoms with Crippen molar-refractivity contribution in [1.29, 1.82) is 0 Å². The second-order valence-electron chi connectivity index (χ2n) is 3.51. The van der Waals surface area contributed by atoms with Crippen molar-refractivity contribution in [3.63, 3.8) is 0 Å². The largest absolute Gasteiger partial charge is 0.248 e. The van der Waals surface area contributed by atoms with Crippen LogP contribution in [0.3, 0.4) is 0 Å². The van der Waals surface area contributed by atoms with E-state index in [9.17, 15) is 8.78 Å². The summed E-state index contributed by atoms with van der Waals surface area (Å²) >= 11 is 0. The van der Waals surface area contributed by atoms with Gasteiger partial charge in [0.15, 0.2) is 0 Å². The molecule has 0 N–H and O–H groups in total. The zero-order chi connectivity index (χ0) is 7.83. The molecule has 1 aliphatic carbocycles. The number of halogens is 2. The third-order valence-electron chi connectivity index (χ3n) is 2.12. The highest BCUT2D eigenvalue weighted by Gasteiger charge is 2.37. The predicted molar refractivity (Wildman–Crippen MR) is 37.5 cm³/mol. The maximum absolute atomic E-state index is 12.5. The highest BCUT2D eigenvalue weighted by Crippen LogP contribution is 2.45. The van der Waals surface area contributed by atoms with Crippen molar-refractivity contribution >= 4 is 7.85 Å². The third-order valence-corrected chi connectivity index (χ3v) is 2.12. The van der Waals surface area contributed by atoms with Gasteiger partial charge in [-0.05, 0) is 0 Å². The molecule has 0 amide bonds. The molecule has 10 heavy (non-hydrogen) atoms. The Morgan fingerprint density at radius 2 is 1.50 bits per heavy atom. The van der Waals surface area contributed by atoms with E-state index in [2.05, 4.69) is 0 Å². The van der Waals surface area contributed by atoms with Gasteiger partial charge in [-0.25, -0.2) is 8.78 Å². The number of rotatable bonds is 0. The fourth-order valence-corrected chi connectivity index (χ4v) is 1.19. The van der Waals surface area contributed by atoms with Crippen LogP contribution in [0.15, 0.2) is 0 Å². The topological polar surface area (TPSA) is 0 Å². The summed E-state index contributed by atoms with van der Waals surface area (Å²) in [6.07, 6.45) is 0.806. The van der Waals surface area contributed by atoms with E-state index in [1.807, 2.05) is 6.92 Å². The molecule has 0 heterocycles. The molecule has 0 aliphatic heterocycles. The average molecular weight is 144 g/mol. The lowest BCUT2D eigenvalue weighted by Gasteiger charge is -2.34. The molecule has 0 atom stereocenters. The number of alkyl halides is 2. The molecule has 1 rings (SSSR count). The van der Waals surface area contributed by atoms with Gasteiger partial charge in [-0.2, -0.15) is 0 Å². The van der Waals surface area contributed by atoms with Crippen molar-refractivity contribution < 1.29 is 8.78 Å². The maximum Gasteiger partial charge on any atom is 0.248 e. The van der Waals surface area contributed by atoms with Crippen molar-refractivity contribution in [2.45, 2.75) is 43.8 Å². The van der Waals surface area contributed by atoms with Gasteiger partial charge in [0.05, 0.1) is 7.85 Å². The lowest BCUT2D eigenvalue weighted by atomic mass is 9.61. The first kappa shape index (κ1) is 8.03. The minimum Gasteiger partial charge on any atom is -0.207 e. The van der Waals surface area contributed by atoms with E-state index in [1.54, 1.807) is 0 Å².